The molecule has 0 bridgehead atoms. The van der Waals surface area contributed by atoms with E-state index in [9.17, 15) is 24.6 Å². The third-order valence-electron chi connectivity index (χ3n) is 5.17. The minimum atomic E-state index is -1.69. The normalized spacial score (nSPS) is 26.7. The van der Waals surface area contributed by atoms with Crippen LogP contribution in [0.4, 0.5) is 0 Å². The lowest BCUT2D eigenvalue weighted by Gasteiger charge is -2.43. The Bertz CT molecular complexity index is 764. The zero-order chi connectivity index (χ0) is 22.6. The molecule has 1 aromatic rings. The number of phenols is 1. The number of Topliss-reactive ketones (excluding diaryl/α,β-unsaturated/α-hetero) is 1. The van der Waals surface area contributed by atoms with Gasteiger partial charge in [-0.3, -0.25) is 14.4 Å². The van der Waals surface area contributed by atoms with E-state index in [0.29, 0.717) is 5.56 Å². The molecule has 1 aliphatic carbocycles. The number of carbonyl (C=O) groups excluding carboxylic acids is 3. The molecule has 166 valence electrons. The Morgan fingerprint density at radius 3 is 2.03 bits per heavy atom. The lowest BCUT2D eigenvalue weighted by molar-refractivity contribution is -0.173. The van der Waals surface area contributed by atoms with Gasteiger partial charge in [-0.2, -0.15) is 0 Å². The topological polar surface area (TPSA) is 110 Å². The summed E-state index contributed by atoms with van der Waals surface area (Å²) in [4.78, 5) is 38.8. The van der Waals surface area contributed by atoms with Gasteiger partial charge in [0.15, 0.2) is 5.78 Å². The number of ketones is 1. The molecule has 1 aliphatic rings. The molecule has 0 unspecified atom stereocenters. The van der Waals surface area contributed by atoms with Crippen molar-refractivity contribution in [3.05, 3.63) is 29.8 Å². The number of rotatable bonds is 7. The van der Waals surface area contributed by atoms with Crippen LogP contribution in [0.3, 0.4) is 0 Å². The van der Waals surface area contributed by atoms with Gasteiger partial charge in [0.1, 0.15) is 11.7 Å². The molecule has 7 heteroatoms. The Hall–Kier alpha value is -2.41. The van der Waals surface area contributed by atoms with E-state index in [4.69, 9.17) is 9.47 Å². The summed E-state index contributed by atoms with van der Waals surface area (Å²) in [5, 5.41) is 20.7. The smallest absolute Gasteiger partial charge is 0.317 e. The van der Waals surface area contributed by atoms with Gasteiger partial charge < -0.3 is 19.7 Å². The molecule has 0 saturated heterocycles. The summed E-state index contributed by atoms with van der Waals surface area (Å²) in [6, 6.07) is 5.91. The van der Waals surface area contributed by atoms with Crippen LogP contribution in [-0.4, -0.2) is 46.7 Å². The number of ether oxygens (including phenoxy) is 2. The molecule has 1 aromatic carbocycles. The average molecular weight is 421 g/mol. The molecule has 0 aromatic heterocycles. The summed E-state index contributed by atoms with van der Waals surface area (Å²) < 4.78 is 10.7. The van der Waals surface area contributed by atoms with E-state index in [-0.39, 0.29) is 37.2 Å². The van der Waals surface area contributed by atoms with E-state index in [2.05, 4.69) is 0 Å². The largest absolute Gasteiger partial charge is 0.508 e. The highest BCUT2D eigenvalue weighted by Crippen LogP contribution is 2.47. The maximum atomic E-state index is 13.0. The molecule has 0 heterocycles. The summed E-state index contributed by atoms with van der Waals surface area (Å²) in [6.07, 6.45) is -0.357. The van der Waals surface area contributed by atoms with E-state index in [1.54, 1.807) is 12.1 Å². The van der Waals surface area contributed by atoms with Crippen molar-refractivity contribution in [2.24, 2.45) is 23.7 Å². The number of aromatic hydroxyl groups is 1. The van der Waals surface area contributed by atoms with E-state index in [0.717, 1.165) is 0 Å². The fraction of sp³-hybridized carbons (Fsp3) is 0.609. The summed E-state index contributed by atoms with van der Waals surface area (Å²) in [5.41, 5.74) is -1.22. The standard InChI is InChI=1S/C23H32O7/c1-13(2)11-29-21(26)19-17(25)10-23(5,28)20(22(27)30-12-14(3)4)18(19)15-6-8-16(24)9-7-15/h6-9,13-14,18-20,24,28H,10-12H2,1-5H3/t18-,19+,20+,23+/m1/s1. The first kappa shape index (κ1) is 23.9. The van der Waals surface area contributed by atoms with Crippen molar-refractivity contribution in [3.63, 3.8) is 0 Å². The van der Waals surface area contributed by atoms with Gasteiger partial charge in [-0.05, 0) is 36.5 Å². The van der Waals surface area contributed by atoms with Gasteiger partial charge in [-0.1, -0.05) is 39.8 Å². The number of benzene rings is 1. The monoisotopic (exact) mass is 420 g/mol. The number of hydrogen-bond acceptors (Lipinski definition) is 7. The third-order valence-corrected chi connectivity index (χ3v) is 5.17. The molecule has 0 amide bonds. The Balaban J connectivity index is 2.51. The maximum Gasteiger partial charge on any atom is 0.317 e. The lowest BCUT2D eigenvalue weighted by Crippen LogP contribution is -2.55. The van der Waals surface area contributed by atoms with Gasteiger partial charge in [-0.15, -0.1) is 0 Å². The van der Waals surface area contributed by atoms with E-state index in [1.165, 1.54) is 19.1 Å². The maximum absolute atomic E-state index is 13.0. The molecule has 2 rings (SSSR count). The Kier molecular flexibility index (Phi) is 7.64. The molecule has 4 atom stereocenters. The van der Waals surface area contributed by atoms with Gasteiger partial charge in [0.25, 0.3) is 0 Å². The van der Waals surface area contributed by atoms with Gasteiger partial charge in [-0.25, -0.2) is 0 Å². The average Bonchev–Trinajstić information content (AvgIpc) is 2.63. The lowest BCUT2D eigenvalue weighted by atomic mass is 9.61. The van der Waals surface area contributed by atoms with Crippen molar-refractivity contribution in [1.29, 1.82) is 0 Å². The first-order valence-corrected chi connectivity index (χ1v) is 10.3. The van der Waals surface area contributed by atoms with Crippen LogP contribution in [0, 0.1) is 23.7 Å². The number of aliphatic hydroxyl groups is 1. The van der Waals surface area contributed by atoms with Crippen molar-refractivity contribution in [3.8, 4) is 5.75 Å². The number of esters is 2. The van der Waals surface area contributed by atoms with E-state index in [1.807, 2.05) is 27.7 Å². The van der Waals surface area contributed by atoms with Crippen molar-refractivity contribution in [2.75, 3.05) is 13.2 Å². The highest BCUT2D eigenvalue weighted by molar-refractivity contribution is 6.02. The second-order valence-electron chi connectivity index (χ2n) is 9.12. The number of phenolic OH excluding ortho intramolecular Hbond substituents is 1. The predicted octanol–water partition coefficient (Wildman–Crippen LogP) is 2.83. The first-order valence-electron chi connectivity index (χ1n) is 10.3. The molecule has 2 N–H and O–H groups in total. The molecule has 0 spiro atoms. The van der Waals surface area contributed by atoms with Gasteiger partial charge >= 0.3 is 11.9 Å². The van der Waals surface area contributed by atoms with Gasteiger partial charge in [0, 0.05) is 12.3 Å². The van der Waals surface area contributed by atoms with Crippen molar-refractivity contribution in [1.82, 2.24) is 0 Å². The SMILES string of the molecule is CC(C)COC(=O)[C@H]1C(=O)C[C@](C)(O)[C@H](C(=O)OCC(C)C)[C@@H]1c1ccc(O)cc1. The summed E-state index contributed by atoms with van der Waals surface area (Å²) in [6.45, 7) is 9.25. The highest BCUT2D eigenvalue weighted by atomic mass is 16.5. The Morgan fingerprint density at radius 2 is 1.53 bits per heavy atom. The van der Waals surface area contributed by atoms with Crippen LogP contribution in [0.25, 0.3) is 0 Å². The zero-order valence-corrected chi connectivity index (χ0v) is 18.3. The Labute approximate surface area is 177 Å². The Morgan fingerprint density at radius 1 is 1.03 bits per heavy atom. The van der Waals surface area contributed by atoms with Crippen LogP contribution in [0.2, 0.25) is 0 Å². The van der Waals surface area contributed by atoms with Crippen LogP contribution in [0.5, 0.6) is 5.75 Å². The molecule has 0 radical (unpaired) electrons. The van der Waals surface area contributed by atoms with E-state index >= 15 is 0 Å². The number of hydrogen-bond donors (Lipinski definition) is 2. The van der Waals surface area contributed by atoms with Gasteiger partial charge in [0.05, 0.1) is 24.7 Å². The highest BCUT2D eigenvalue weighted by Gasteiger charge is 2.57. The van der Waals surface area contributed by atoms with Crippen LogP contribution in [-0.2, 0) is 23.9 Å². The van der Waals surface area contributed by atoms with Crippen molar-refractivity contribution < 1.29 is 34.1 Å². The van der Waals surface area contributed by atoms with Crippen LogP contribution in [0.15, 0.2) is 24.3 Å². The summed E-state index contributed by atoms with van der Waals surface area (Å²) in [7, 11) is 0. The third kappa shape index (κ3) is 5.59. The summed E-state index contributed by atoms with van der Waals surface area (Å²) in [5.74, 6) is -5.06. The number of carbonyl (C=O) groups is 3. The quantitative estimate of drug-likeness (QED) is 0.515. The molecule has 1 saturated carbocycles. The van der Waals surface area contributed by atoms with Crippen molar-refractivity contribution >= 4 is 17.7 Å². The van der Waals surface area contributed by atoms with Crippen LogP contribution >= 0.6 is 0 Å². The van der Waals surface area contributed by atoms with Crippen LogP contribution in [0.1, 0.15) is 52.5 Å². The zero-order valence-electron chi connectivity index (χ0n) is 18.3. The molecule has 1 fully saturated rings. The minimum Gasteiger partial charge on any atom is -0.508 e. The second kappa shape index (κ2) is 9.60. The molecular formula is C23H32O7. The fourth-order valence-electron chi connectivity index (χ4n) is 3.79. The summed E-state index contributed by atoms with van der Waals surface area (Å²) >= 11 is 0. The predicted molar refractivity (Wildman–Crippen MR) is 110 cm³/mol. The molecule has 30 heavy (non-hydrogen) atoms. The molecule has 7 nitrogen and oxygen atoms in total. The minimum absolute atomic E-state index is 0.00511. The van der Waals surface area contributed by atoms with Crippen LogP contribution < -0.4 is 0 Å². The fourth-order valence-corrected chi connectivity index (χ4v) is 3.79. The second-order valence-corrected chi connectivity index (χ2v) is 9.12. The molecular weight excluding hydrogens is 388 g/mol. The van der Waals surface area contributed by atoms with Gasteiger partial charge in [0.2, 0.25) is 0 Å². The molecule has 0 aliphatic heterocycles. The van der Waals surface area contributed by atoms with Crippen molar-refractivity contribution in [2.45, 2.75) is 52.6 Å². The first-order chi connectivity index (χ1) is 13.9. The van der Waals surface area contributed by atoms with E-state index < -0.39 is 41.1 Å².